The van der Waals surface area contributed by atoms with Gasteiger partial charge in [0, 0.05) is 31.1 Å². The Morgan fingerprint density at radius 1 is 0.921 bits per heavy atom. The number of amides is 6. The lowest BCUT2D eigenvalue weighted by molar-refractivity contribution is -0.153. The van der Waals surface area contributed by atoms with Crippen LogP contribution in [0.4, 0.5) is 0 Å². The Hall–Kier alpha value is -4.76. The number of rotatable bonds is 11. The standard InChI is InChI=1S/C47H74ClN7O8/c1-12-29(5)40-44(59)50-33(9)47(62)63-41(30(6)13-2)31(7)17-16-18-32(8)42(57)52-37(25-28(3)4)43(58)51-36(19-14-15-24-49)45(60)55(11)38(26-34-20-22-35(48)23-21-34)46(61)54(10)27-39(56)53-40/h13,18,20-23,28-29,31,33,36-38,40-41H,12,14-17,19,24-27,49H2,1-11H3,(H,50,59)(H,51,58)(H,52,57)(H,53,56)/b30-13+,32-18+/t29?,31-,33+,36-,37+,38+,40-,41+/m0/s1. The number of allylic oxidation sites excluding steroid dienone is 2. The summed E-state index contributed by atoms with van der Waals surface area (Å²) in [5, 5.41) is 11.7. The Balaban J connectivity index is 2.70. The van der Waals surface area contributed by atoms with E-state index < -0.39 is 84.3 Å². The van der Waals surface area contributed by atoms with Crippen LogP contribution >= 0.6 is 11.6 Å². The molecule has 1 aliphatic heterocycles. The molecule has 0 saturated heterocycles. The maximum Gasteiger partial charge on any atom is 0.328 e. The van der Waals surface area contributed by atoms with Gasteiger partial charge in [0.05, 0.1) is 6.54 Å². The van der Waals surface area contributed by atoms with E-state index in [9.17, 15) is 33.6 Å². The summed E-state index contributed by atoms with van der Waals surface area (Å²) >= 11 is 6.17. The summed E-state index contributed by atoms with van der Waals surface area (Å²) < 4.78 is 5.99. The molecule has 6 amide bonds. The number of nitrogens with zero attached hydrogens (tertiary/aromatic N) is 2. The van der Waals surface area contributed by atoms with Crippen LogP contribution < -0.4 is 27.0 Å². The highest BCUT2D eigenvalue weighted by molar-refractivity contribution is 6.30. The first-order chi connectivity index (χ1) is 29.6. The molecule has 1 unspecified atom stereocenters. The maximum atomic E-state index is 14.5. The van der Waals surface area contributed by atoms with Crippen molar-refractivity contribution in [3.63, 3.8) is 0 Å². The van der Waals surface area contributed by atoms with E-state index in [1.807, 2.05) is 47.6 Å². The molecule has 0 bridgehead atoms. The Bertz CT molecular complexity index is 1780. The van der Waals surface area contributed by atoms with Gasteiger partial charge in [0.25, 0.3) is 0 Å². The molecule has 0 aliphatic carbocycles. The number of carbonyl (C=O) groups excluding carboxylic acids is 7. The van der Waals surface area contributed by atoms with Crippen molar-refractivity contribution >= 4 is 53.0 Å². The highest BCUT2D eigenvalue weighted by atomic mass is 35.5. The second-order valence-electron chi connectivity index (χ2n) is 17.5. The van der Waals surface area contributed by atoms with Crippen molar-refractivity contribution in [1.29, 1.82) is 0 Å². The molecule has 63 heavy (non-hydrogen) atoms. The number of cyclic esters (lactones) is 1. The number of esters is 1. The first-order valence-corrected chi connectivity index (χ1v) is 22.7. The first-order valence-electron chi connectivity index (χ1n) is 22.3. The molecular formula is C47H74ClN7O8. The van der Waals surface area contributed by atoms with E-state index in [0.29, 0.717) is 61.2 Å². The highest BCUT2D eigenvalue weighted by Gasteiger charge is 2.37. The van der Waals surface area contributed by atoms with Gasteiger partial charge in [-0.05, 0) is 114 Å². The molecule has 1 heterocycles. The minimum absolute atomic E-state index is 0.000658. The van der Waals surface area contributed by atoms with Gasteiger partial charge in [-0.25, -0.2) is 4.79 Å². The van der Waals surface area contributed by atoms with Crippen molar-refractivity contribution in [2.24, 2.45) is 23.5 Å². The van der Waals surface area contributed by atoms with Crippen molar-refractivity contribution in [1.82, 2.24) is 31.1 Å². The zero-order valence-corrected chi connectivity index (χ0v) is 40.1. The molecule has 6 N–H and O–H groups in total. The lowest BCUT2D eigenvalue weighted by Gasteiger charge is -2.34. The SMILES string of the molecule is C/C=C(\C)[C@H]1OC(=O)[C@@H](C)NC(=O)[C@H](C(C)CC)NC(=O)CN(C)C(=O)[C@@H](Cc2ccc(Cl)cc2)N(C)C(=O)[C@H](CCCCN)NC(=O)[C@@H](CC(C)C)NC(=O)/C(C)=C/CC[C@@H]1C. The number of hydrogen-bond acceptors (Lipinski definition) is 9. The van der Waals surface area contributed by atoms with Gasteiger partial charge in [-0.3, -0.25) is 28.8 Å². The van der Waals surface area contributed by atoms with Crippen molar-refractivity contribution in [2.75, 3.05) is 27.2 Å². The molecule has 16 heteroatoms. The van der Waals surface area contributed by atoms with E-state index in [4.69, 9.17) is 22.1 Å². The van der Waals surface area contributed by atoms with Crippen LogP contribution in [0.15, 0.2) is 47.6 Å². The molecule has 1 aliphatic rings. The summed E-state index contributed by atoms with van der Waals surface area (Å²) in [4.78, 5) is 100. The van der Waals surface area contributed by atoms with Crippen LogP contribution in [0.2, 0.25) is 5.02 Å². The fourth-order valence-corrected chi connectivity index (χ4v) is 7.44. The average Bonchev–Trinajstić information content (AvgIpc) is 3.24. The van der Waals surface area contributed by atoms with Crippen molar-refractivity contribution in [3.8, 4) is 0 Å². The van der Waals surface area contributed by atoms with Gasteiger partial charge in [-0.2, -0.15) is 0 Å². The lowest BCUT2D eigenvalue weighted by atomic mass is 9.93. The number of halogens is 1. The topological polar surface area (TPSA) is 209 Å². The van der Waals surface area contributed by atoms with Crippen molar-refractivity contribution in [2.45, 2.75) is 150 Å². The third kappa shape index (κ3) is 17.4. The van der Waals surface area contributed by atoms with E-state index in [2.05, 4.69) is 21.3 Å². The second kappa shape index (κ2) is 26.8. The molecular weight excluding hydrogens is 826 g/mol. The van der Waals surface area contributed by atoms with Crippen molar-refractivity contribution < 1.29 is 38.3 Å². The quantitative estimate of drug-likeness (QED) is 0.119. The van der Waals surface area contributed by atoms with E-state index in [1.165, 1.54) is 30.8 Å². The highest BCUT2D eigenvalue weighted by Crippen LogP contribution is 2.23. The second-order valence-corrected chi connectivity index (χ2v) is 17.9. The molecule has 0 saturated carbocycles. The first kappa shape index (κ1) is 54.4. The monoisotopic (exact) mass is 900 g/mol. The van der Waals surface area contributed by atoms with E-state index in [0.717, 1.165) is 5.57 Å². The zero-order chi connectivity index (χ0) is 47.6. The predicted octanol–water partition coefficient (Wildman–Crippen LogP) is 4.60. The van der Waals surface area contributed by atoms with Gasteiger partial charge >= 0.3 is 5.97 Å². The molecule has 352 valence electrons. The van der Waals surface area contributed by atoms with Crippen LogP contribution in [0.1, 0.15) is 113 Å². The number of unbranched alkanes of at least 4 members (excludes halogenated alkanes) is 1. The summed E-state index contributed by atoms with van der Waals surface area (Å²) in [6.07, 6.45) is 6.16. The Kier molecular flexibility index (Phi) is 23.1. The predicted molar refractivity (Wildman–Crippen MR) is 246 cm³/mol. The molecule has 8 atom stereocenters. The van der Waals surface area contributed by atoms with Gasteiger partial charge in [-0.1, -0.05) is 76.9 Å². The number of ether oxygens (including phenoxy) is 1. The fourth-order valence-electron chi connectivity index (χ4n) is 7.32. The molecule has 0 fully saturated rings. The Morgan fingerprint density at radius 3 is 2.16 bits per heavy atom. The van der Waals surface area contributed by atoms with Gasteiger partial charge in [0.15, 0.2) is 0 Å². The Morgan fingerprint density at radius 2 is 1.57 bits per heavy atom. The summed E-state index contributed by atoms with van der Waals surface area (Å²) in [5.74, 6) is -4.51. The minimum atomic E-state index is -1.14. The molecule has 15 nitrogen and oxygen atoms in total. The summed E-state index contributed by atoms with van der Waals surface area (Å²) in [7, 11) is 2.91. The zero-order valence-electron chi connectivity index (χ0n) is 39.3. The lowest BCUT2D eigenvalue weighted by Crippen LogP contribution is -2.58. The van der Waals surface area contributed by atoms with Gasteiger partial charge in [0.2, 0.25) is 35.4 Å². The van der Waals surface area contributed by atoms with E-state index in [1.54, 1.807) is 44.2 Å². The number of carbonyl (C=O) groups is 7. The van der Waals surface area contributed by atoms with Crippen LogP contribution in [-0.2, 0) is 44.7 Å². The van der Waals surface area contributed by atoms with Gasteiger partial charge in [0.1, 0.15) is 36.3 Å². The molecule has 1 aromatic carbocycles. The molecule has 1 aromatic rings. The van der Waals surface area contributed by atoms with Crippen molar-refractivity contribution in [3.05, 3.63) is 58.1 Å². The Labute approximate surface area is 380 Å². The largest absolute Gasteiger partial charge is 0.456 e. The number of benzene rings is 1. The molecule has 0 radical (unpaired) electrons. The number of nitrogens with two attached hydrogens (primary N) is 1. The fraction of sp³-hybridized carbons (Fsp3) is 0.638. The van der Waals surface area contributed by atoms with E-state index in [-0.39, 0.29) is 30.6 Å². The van der Waals surface area contributed by atoms with Gasteiger partial charge in [-0.15, -0.1) is 0 Å². The van der Waals surface area contributed by atoms with E-state index >= 15 is 0 Å². The molecule has 2 rings (SSSR count). The minimum Gasteiger partial charge on any atom is -0.456 e. The van der Waals surface area contributed by atoms with Crippen LogP contribution in [0, 0.1) is 17.8 Å². The normalized spacial score (nSPS) is 26.6. The van der Waals surface area contributed by atoms with Crippen LogP contribution in [0.25, 0.3) is 0 Å². The van der Waals surface area contributed by atoms with Crippen LogP contribution in [0.5, 0.6) is 0 Å². The third-order valence-electron chi connectivity index (χ3n) is 11.7. The average molecular weight is 901 g/mol. The summed E-state index contributed by atoms with van der Waals surface area (Å²) in [6, 6.07) is 1.50. The summed E-state index contributed by atoms with van der Waals surface area (Å²) in [5.41, 5.74) is 7.70. The number of likely N-dealkylation sites (N-methyl/N-ethyl adjacent to an activating group) is 2. The summed E-state index contributed by atoms with van der Waals surface area (Å²) in [6.45, 7) is 16.2. The molecule has 0 aromatic heterocycles. The molecule has 0 spiro atoms. The van der Waals surface area contributed by atoms with Crippen LogP contribution in [0.3, 0.4) is 0 Å². The smallest absolute Gasteiger partial charge is 0.328 e. The number of nitrogens with one attached hydrogen (secondary N) is 4. The maximum absolute atomic E-state index is 14.5. The third-order valence-corrected chi connectivity index (χ3v) is 12.0. The van der Waals surface area contributed by atoms with Gasteiger partial charge < -0.3 is 41.5 Å². The number of hydrogen-bond donors (Lipinski definition) is 5. The van der Waals surface area contributed by atoms with Crippen LogP contribution in [-0.4, -0.2) is 115 Å².